The lowest BCUT2D eigenvalue weighted by Gasteiger charge is -2.39. The summed E-state index contributed by atoms with van der Waals surface area (Å²) in [6, 6.07) is 0. The molecule has 2 heterocycles. The van der Waals surface area contributed by atoms with E-state index in [1.165, 1.54) is 0 Å². The predicted molar refractivity (Wildman–Crippen MR) is 34.9 cm³/mol. The van der Waals surface area contributed by atoms with Crippen molar-refractivity contribution in [1.82, 2.24) is 0 Å². The summed E-state index contributed by atoms with van der Waals surface area (Å²) in [5.74, 6) is 0. The van der Waals surface area contributed by atoms with Crippen LogP contribution in [0.1, 0.15) is 6.42 Å². The first kappa shape index (κ1) is 6.58. The second-order valence-electron chi connectivity index (χ2n) is 2.93. The van der Waals surface area contributed by atoms with E-state index in [1.54, 1.807) is 0 Å². The molecule has 0 bridgehead atoms. The fourth-order valence-corrected chi connectivity index (χ4v) is 1.25. The molecule has 0 atom stereocenters. The van der Waals surface area contributed by atoms with Gasteiger partial charge in [0, 0.05) is 13.2 Å². The van der Waals surface area contributed by atoms with Crippen molar-refractivity contribution in [3.63, 3.8) is 0 Å². The largest absolute Gasteiger partial charge is 0.378 e. The highest BCUT2D eigenvalue weighted by Gasteiger charge is 2.40. The molecule has 3 heteroatoms. The Hall–Kier alpha value is -0.120. The van der Waals surface area contributed by atoms with E-state index in [4.69, 9.17) is 14.2 Å². The van der Waals surface area contributed by atoms with Gasteiger partial charge < -0.3 is 14.2 Å². The summed E-state index contributed by atoms with van der Waals surface area (Å²) < 4.78 is 16.0. The van der Waals surface area contributed by atoms with Crippen molar-refractivity contribution in [1.29, 1.82) is 0 Å². The van der Waals surface area contributed by atoms with Gasteiger partial charge in [-0.05, 0) is 6.42 Å². The van der Waals surface area contributed by atoms with Gasteiger partial charge in [-0.25, -0.2) is 0 Å². The van der Waals surface area contributed by atoms with Crippen LogP contribution >= 0.6 is 0 Å². The first-order valence-electron chi connectivity index (χ1n) is 3.71. The minimum absolute atomic E-state index is 0.0590. The summed E-state index contributed by atoms with van der Waals surface area (Å²) in [5.41, 5.74) is -0.0590. The fraction of sp³-hybridized carbons (Fsp3) is 1.00. The molecule has 0 amide bonds. The molecule has 0 radical (unpaired) electrons. The lowest BCUT2D eigenvalue weighted by Crippen LogP contribution is -2.54. The van der Waals surface area contributed by atoms with Crippen LogP contribution in [-0.4, -0.2) is 38.6 Å². The van der Waals surface area contributed by atoms with Crippen LogP contribution in [0.15, 0.2) is 0 Å². The zero-order valence-electron chi connectivity index (χ0n) is 5.97. The number of hydrogen-bond donors (Lipinski definition) is 0. The summed E-state index contributed by atoms with van der Waals surface area (Å²) in [6.45, 7) is 3.80. The van der Waals surface area contributed by atoms with Gasteiger partial charge in [-0.15, -0.1) is 0 Å². The van der Waals surface area contributed by atoms with Crippen LogP contribution in [0.25, 0.3) is 0 Å². The number of rotatable bonds is 0. The first-order chi connectivity index (χ1) is 4.91. The summed E-state index contributed by atoms with van der Waals surface area (Å²) in [7, 11) is 0. The Morgan fingerprint density at radius 3 is 2.40 bits per heavy atom. The van der Waals surface area contributed by atoms with E-state index in [-0.39, 0.29) is 5.60 Å². The lowest BCUT2D eigenvalue weighted by molar-refractivity contribution is -0.219. The Bertz CT molecular complexity index is 110. The summed E-state index contributed by atoms with van der Waals surface area (Å²) in [5, 5.41) is 0. The molecule has 2 fully saturated rings. The molecule has 0 aromatic carbocycles. The molecule has 2 saturated heterocycles. The maximum absolute atomic E-state index is 5.58. The van der Waals surface area contributed by atoms with Gasteiger partial charge >= 0.3 is 0 Å². The maximum atomic E-state index is 5.58. The molecule has 58 valence electrons. The second kappa shape index (κ2) is 2.49. The van der Waals surface area contributed by atoms with Gasteiger partial charge in [0.15, 0.2) is 0 Å². The van der Waals surface area contributed by atoms with E-state index in [0.717, 1.165) is 19.6 Å². The maximum Gasteiger partial charge on any atom is 0.138 e. The Balaban J connectivity index is 1.92. The predicted octanol–water partition coefficient (Wildman–Crippen LogP) is 0.192. The summed E-state index contributed by atoms with van der Waals surface area (Å²) >= 11 is 0. The highest BCUT2D eigenvalue weighted by atomic mass is 16.6. The van der Waals surface area contributed by atoms with Gasteiger partial charge in [-0.3, -0.25) is 0 Å². The van der Waals surface area contributed by atoms with Crippen LogP contribution in [0.2, 0.25) is 0 Å². The van der Waals surface area contributed by atoms with Crippen molar-refractivity contribution < 1.29 is 14.2 Å². The van der Waals surface area contributed by atoms with Crippen LogP contribution < -0.4 is 0 Å². The summed E-state index contributed by atoms with van der Waals surface area (Å²) in [4.78, 5) is 0. The average Bonchev–Trinajstić information content (AvgIpc) is 2.08. The molecule has 2 rings (SSSR count). The van der Waals surface area contributed by atoms with E-state index in [2.05, 4.69) is 0 Å². The molecule has 2 aliphatic rings. The van der Waals surface area contributed by atoms with Gasteiger partial charge in [-0.1, -0.05) is 0 Å². The first-order valence-corrected chi connectivity index (χ1v) is 3.71. The van der Waals surface area contributed by atoms with Crippen molar-refractivity contribution in [3.8, 4) is 0 Å². The highest BCUT2D eigenvalue weighted by molar-refractivity contribution is 4.88. The SMILES string of the molecule is C1COCC2(COC2)OC1. The molecule has 0 aromatic heterocycles. The number of ether oxygens (including phenoxy) is 3. The van der Waals surface area contributed by atoms with E-state index < -0.39 is 0 Å². The summed E-state index contributed by atoms with van der Waals surface area (Å²) in [6.07, 6.45) is 1.02. The van der Waals surface area contributed by atoms with E-state index in [9.17, 15) is 0 Å². The lowest BCUT2D eigenvalue weighted by atomic mass is 10.0. The average molecular weight is 144 g/mol. The van der Waals surface area contributed by atoms with E-state index >= 15 is 0 Å². The molecular formula is C7H12O3. The Morgan fingerprint density at radius 2 is 1.70 bits per heavy atom. The quantitative estimate of drug-likeness (QED) is 0.486. The third-order valence-electron chi connectivity index (χ3n) is 1.94. The minimum atomic E-state index is -0.0590. The molecule has 0 saturated carbocycles. The topological polar surface area (TPSA) is 27.7 Å². The van der Waals surface area contributed by atoms with Crippen molar-refractivity contribution in [3.05, 3.63) is 0 Å². The normalized spacial score (nSPS) is 31.2. The molecule has 2 aliphatic heterocycles. The van der Waals surface area contributed by atoms with E-state index in [0.29, 0.717) is 19.8 Å². The molecule has 0 aromatic rings. The second-order valence-corrected chi connectivity index (χ2v) is 2.93. The van der Waals surface area contributed by atoms with E-state index in [1.807, 2.05) is 0 Å². The zero-order chi connectivity index (χ0) is 6.86. The van der Waals surface area contributed by atoms with Crippen molar-refractivity contribution in [2.75, 3.05) is 33.0 Å². The molecule has 0 N–H and O–H groups in total. The highest BCUT2D eigenvalue weighted by Crippen LogP contribution is 2.24. The third-order valence-corrected chi connectivity index (χ3v) is 1.94. The van der Waals surface area contributed by atoms with Crippen LogP contribution in [-0.2, 0) is 14.2 Å². The van der Waals surface area contributed by atoms with Gasteiger partial charge in [0.2, 0.25) is 0 Å². The van der Waals surface area contributed by atoms with Gasteiger partial charge in [0.25, 0.3) is 0 Å². The fourth-order valence-electron chi connectivity index (χ4n) is 1.25. The van der Waals surface area contributed by atoms with Crippen molar-refractivity contribution >= 4 is 0 Å². The van der Waals surface area contributed by atoms with Crippen LogP contribution in [0.3, 0.4) is 0 Å². The van der Waals surface area contributed by atoms with Crippen molar-refractivity contribution in [2.24, 2.45) is 0 Å². The minimum Gasteiger partial charge on any atom is -0.378 e. The van der Waals surface area contributed by atoms with Crippen molar-refractivity contribution in [2.45, 2.75) is 12.0 Å². The zero-order valence-corrected chi connectivity index (χ0v) is 5.97. The monoisotopic (exact) mass is 144 g/mol. The molecule has 1 spiro atoms. The molecule has 10 heavy (non-hydrogen) atoms. The van der Waals surface area contributed by atoms with Gasteiger partial charge in [0.1, 0.15) is 5.60 Å². The Labute approximate surface area is 60.3 Å². The molecule has 3 nitrogen and oxygen atoms in total. The Morgan fingerprint density at radius 1 is 0.900 bits per heavy atom. The molecule has 0 unspecified atom stereocenters. The third kappa shape index (κ3) is 1.05. The van der Waals surface area contributed by atoms with Gasteiger partial charge in [0.05, 0.1) is 19.8 Å². The molecular weight excluding hydrogens is 132 g/mol. The molecule has 0 aliphatic carbocycles. The van der Waals surface area contributed by atoms with Gasteiger partial charge in [-0.2, -0.15) is 0 Å². The van der Waals surface area contributed by atoms with Crippen LogP contribution in [0.5, 0.6) is 0 Å². The van der Waals surface area contributed by atoms with Crippen LogP contribution in [0, 0.1) is 0 Å². The Kier molecular flexibility index (Phi) is 1.64. The number of hydrogen-bond acceptors (Lipinski definition) is 3. The standard InChI is InChI=1S/C7H12O3/c1-2-8-4-7(10-3-1)5-9-6-7/h1-6H2. The van der Waals surface area contributed by atoms with Crippen LogP contribution in [0.4, 0.5) is 0 Å². The smallest absolute Gasteiger partial charge is 0.138 e.